The molecule has 1 aromatic carbocycles. The van der Waals surface area contributed by atoms with Crippen molar-refractivity contribution in [3.05, 3.63) is 30.3 Å². The van der Waals surface area contributed by atoms with Gasteiger partial charge in [-0.2, -0.15) is 0 Å². The second kappa shape index (κ2) is 6.40. The molecular formula is C13H17FN6O. The molecule has 2 aromatic rings. The number of benzene rings is 1. The van der Waals surface area contributed by atoms with Crippen molar-refractivity contribution in [1.82, 2.24) is 20.2 Å². The lowest BCUT2D eigenvalue weighted by atomic mass is 10.0. The van der Waals surface area contributed by atoms with Crippen molar-refractivity contribution >= 4 is 11.6 Å². The van der Waals surface area contributed by atoms with Gasteiger partial charge in [0, 0.05) is 0 Å². The van der Waals surface area contributed by atoms with Crippen LogP contribution in [0.15, 0.2) is 24.5 Å². The van der Waals surface area contributed by atoms with Gasteiger partial charge < -0.3 is 11.1 Å². The molecule has 0 unspecified atom stereocenters. The first kappa shape index (κ1) is 15.0. The van der Waals surface area contributed by atoms with Crippen LogP contribution in [0.4, 0.5) is 10.1 Å². The minimum atomic E-state index is -0.680. The minimum Gasteiger partial charge on any atom is -0.322 e. The van der Waals surface area contributed by atoms with Crippen LogP contribution in [0.3, 0.4) is 0 Å². The molecule has 1 atom stereocenters. The van der Waals surface area contributed by atoms with Gasteiger partial charge in [0.05, 0.1) is 17.4 Å². The first-order valence-corrected chi connectivity index (χ1v) is 6.56. The van der Waals surface area contributed by atoms with Gasteiger partial charge in [0.15, 0.2) is 0 Å². The second-order valence-corrected chi connectivity index (χ2v) is 5.14. The molecule has 1 heterocycles. The van der Waals surface area contributed by atoms with E-state index in [9.17, 15) is 9.18 Å². The monoisotopic (exact) mass is 292 g/mol. The number of nitrogens with two attached hydrogens (primary N) is 1. The van der Waals surface area contributed by atoms with Crippen LogP contribution in [0.2, 0.25) is 0 Å². The molecule has 0 aliphatic carbocycles. The summed E-state index contributed by atoms with van der Waals surface area (Å²) in [6, 6.07) is 3.52. The zero-order chi connectivity index (χ0) is 15.4. The number of nitrogens with one attached hydrogen (secondary N) is 1. The van der Waals surface area contributed by atoms with E-state index in [2.05, 4.69) is 20.8 Å². The Morgan fingerprint density at radius 2 is 2.24 bits per heavy atom. The Labute approximate surface area is 121 Å². The van der Waals surface area contributed by atoms with Gasteiger partial charge in [-0.05, 0) is 41.0 Å². The SMILES string of the molecule is CC(C)C[C@@H](N)C(=O)Nc1cc(-n2cnnn2)ccc1F. The lowest BCUT2D eigenvalue weighted by Crippen LogP contribution is -2.36. The number of anilines is 1. The van der Waals surface area contributed by atoms with Crippen LogP contribution in [0.5, 0.6) is 0 Å². The van der Waals surface area contributed by atoms with E-state index in [1.807, 2.05) is 13.8 Å². The van der Waals surface area contributed by atoms with E-state index in [-0.39, 0.29) is 11.6 Å². The first-order chi connectivity index (χ1) is 9.97. The highest BCUT2D eigenvalue weighted by Gasteiger charge is 2.17. The number of hydrogen-bond acceptors (Lipinski definition) is 5. The van der Waals surface area contributed by atoms with Crippen molar-refractivity contribution in [2.45, 2.75) is 26.3 Å². The second-order valence-electron chi connectivity index (χ2n) is 5.14. The molecule has 0 aliphatic rings. The highest BCUT2D eigenvalue weighted by atomic mass is 19.1. The zero-order valence-corrected chi connectivity index (χ0v) is 11.8. The molecule has 8 heteroatoms. The van der Waals surface area contributed by atoms with Crippen LogP contribution in [0.1, 0.15) is 20.3 Å². The Morgan fingerprint density at radius 3 is 2.86 bits per heavy atom. The molecule has 0 spiro atoms. The van der Waals surface area contributed by atoms with E-state index in [0.29, 0.717) is 12.1 Å². The third-order valence-corrected chi connectivity index (χ3v) is 2.88. The van der Waals surface area contributed by atoms with Crippen molar-refractivity contribution in [2.24, 2.45) is 11.7 Å². The van der Waals surface area contributed by atoms with Crippen LogP contribution in [0.25, 0.3) is 5.69 Å². The smallest absolute Gasteiger partial charge is 0.241 e. The Morgan fingerprint density at radius 1 is 1.48 bits per heavy atom. The Balaban J connectivity index is 2.16. The van der Waals surface area contributed by atoms with Crippen molar-refractivity contribution in [2.75, 3.05) is 5.32 Å². The van der Waals surface area contributed by atoms with E-state index < -0.39 is 17.8 Å². The van der Waals surface area contributed by atoms with Gasteiger partial charge >= 0.3 is 0 Å². The highest BCUT2D eigenvalue weighted by Crippen LogP contribution is 2.18. The third-order valence-electron chi connectivity index (χ3n) is 2.88. The molecule has 0 bridgehead atoms. The summed E-state index contributed by atoms with van der Waals surface area (Å²) >= 11 is 0. The van der Waals surface area contributed by atoms with Gasteiger partial charge in [0.25, 0.3) is 0 Å². The zero-order valence-electron chi connectivity index (χ0n) is 11.8. The summed E-state index contributed by atoms with van der Waals surface area (Å²) < 4.78 is 15.1. The van der Waals surface area contributed by atoms with E-state index in [1.165, 1.54) is 29.2 Å². The molecule has 1 amide bonds. The molecule has 112 valence electrons. The van der Waals surface area contributed by atoms with Crippen molar-refractivity contribution in [3.8, 4) is 5.69 Å². The number of carbonyl (C=O) groups excluding carboxylic acids is 1. The fraction of sp³-hybridized carbons (Fsp3) is 0.385. The van der Waals surface area contributed by atoms with E-state index >= 15 is 0 Å². The molecule has 1 aromatic heterocycles. The molecule has 0 fully saturated rings. The molecule has 0 saturated heterocycles. The number of aromatic nitrogens is 4. The Bertz CT molecular complexity index is 613. The maximum absolute atomic E-state index is 13.8. The number of amides is 1. The standard InChI is InChI=1S/C13H17FN6O/c1-8(2)5-11(15)13(21)17-12-6-9(3-4-10(12)14)20-7-16-18-19-20/h3-4,6-8,11H,5,15H2,1-2H3,(H,17,21)/t11-/m1/s1. The molecule has 7 nitrogen and oxygen atoms in total. The predicted molar refractivity (Wildman–Crippen MR) is 75.2 cm³/mol. The Kier molecular flexibility index (Phi) is 4.59. The summed E-state index contributed by atoms with van der Waals surface area (Å²) in [6.07, 6.45) is 1.91. The number of tetrazole rings is 1. The van der Waals surface area contributed by atoms with E-state index in [1.54, 1.807) is 0 Å². The summed E-state index contributed by atoms with van der Waals surface area (Å²) in [5.41, 5.74) is 6.36. The first-order valence-electron chi connectivity index (χ1n) is 6.56. The quantitative estimate of drug-likeness (QED) is 0.860. The molecule has 0 radical (unpaired) electrons. The van der Waals surface area contributed by atoms with Gasteiger partial charge in [-0.3, -0.25) is 4.79 Å². The fourth-order valence-electron chi connectivity index (χ4n) is 1.87. The van der Waals surface area contributed by atoms with Gasteiger partial charge in [-0.1, -0.05) is 13.8 Å². The molecule has 2 rings (SSSR count). The maximum Gasteiger partial charge on any atom is 0.241 e. The van der Waals surface area contributed by atoms with Gasteiger partial charge in [0.2, 0.25) is 5.91 Å². The van der Waals surface area contributed by atoms with Crippen LogP contribution < -0.4 is 11.1 Å². The van der Waals surface area contributed by atoms with Crippen LogP contribution in [-0.2, 0) is 4.79 Å². The van der Waals surface area contributed by atoms with E-state index in [0.717, 1.165) is 0 Å². The number of hydrogen-bond donors (Lipinski definition) is 2. The van der Waals surface area contributed by atoms with Crippen molar-refractivity contribution < 1.29 is 9.18 Å². The van der Waals surface area contributed by atoms with Gasteiger partial charge in [0.1, 0.15) is 12.1 Å². The average Bonchev–Trinajstić information content (AvgIpc) is 2.94. The van der Waals surface area contributed by atoms with E-state index in [4.69, 9.17) is 5.73 Å². The number of halogens is 1. The summed E-state index contributed by atoms with van der Waals surface area (Å²) in [6.45, 7) is 3.93. The fourth-order valence-corrected chi connectivity index (χ4v) is 1.87. The number of carbonyl (C=O) groups is 1. The summed E-state index contributed by atoms with van der Waals surface area (Å²) in [5, 5.41) is 13.2. The van der Waals surface area contributed by atoms with Gasteiger partial charge in [-0.25, -0.2) is 9.07 Å². The third kappa shape index (κ3) is 3.82. The van der Waals surface area contributed by atoms with Crippen LogP contribution >= 0.6 is 0 Å². The summed E-state index contributed by atoms with van der Waals surface area (Å²) in [7, 11) is 0. The molecule has 0 aliphatic heterocycles. The topological polar surface area (TPSA) is 98.7 Å². The normalized spacial score (nSPS) is 12.4. The molecular weight excluding hydrogens is 275 g/mol. The lowest BCUT2D eigenvalue weighted by Gasteiger charge is -2.15. The predicted octanol–water partition coefficient (Wildman–Crippen LogP) is 1.11. The Hall–Kier alpha value is -2.35. The number of nitrogens with zero attached hydrogens (tertiary/aromatic N) is 4. The summed E-state index contributed by atoms with van der Waals surface area (Å²) in [4.78, 5) is 11.9. The summed E-state index contributed by atoms with van der Waals surface area (Å²) in [5.74, 6) is -0.684. The molecule has 3 N–H and O–H groups in total. The maximum atomic E-state index is 13.8. The highest BCUT2D eigenvalue weighted by molar-refractivity contribution is 5.95. The van der Waals surface area contributed by atoms with Crippen LogP contribution in [0, 0.1) is 11.7 Å². The number of rotatable bonds is 5. The largest absolute Gasteiger partial charge is 0.322 e. The van der Waals surface area contributed by atoms with Crippen molar-refractivity contribution in [3.63, 3.8) is 0 Å². The van der Waals surface area contributed by atoms with Gasteiger partial charge in [-0.15, -0.1) is 5.10 Å². The molecule has 0 saturated carbocycles. The minimum absolute atomic E-state index is 0.0483. The average molecular weight is 292 g/mol. The lowest BCUT2D eigenvalue weighted by molar-refractivity contribution is -0.117. The molecule has 21 heavy (non-hydrogen) atoms. The van der Waals surface area contributed by atoms with Crippen molar-refractivity contribution in [1.29, 1.82) is 0 Å². The van der Waals surface area contributed by atoms with Crippen LogP contribution in [-0.4, -0.2) is 32.2 Å².